The molecule has 0 aromatic heterocycles. The Hall–Kier alpha value is -1.53. The first kappa shape index (κ1) is 11.0. The van der Waals surface area contributed by atoms with E-state index in [2.05, 4.69) is 10.6 Å². The van der Waals surface area contributed by atoms with Crippen molar-refractivity contribution in [2.75, 3.05) is 19.6 Å². The van der Waals surface area contributed by atoms with Gasteiger partial charge in [0.15, 0.2) is 0 Å². The molecule has 1 aliphatic rings. The Morgan fingerprint density at radius 1 is 1.44 bits per heavy atom. The van der Waals surface area contributed by atoms with Crippen LogP contribution in [0.4, 0.5) is 10.1 Å². The number of rotatable bonds is 2. The number of nitro benzene ring substituents is 1. The number of non-ortho nitro benzene ring substituents is 1. The third kappa shape index (κ3) is 2.17. The Bertz CT molecular complexity index is 405. The molecular formula is C10H12FN3O2. The number of piperazine rings is 1. The summed E-state index contributed by atoms with van der Waals surface area (Å²) in [7, 11) is 0. The second-order valence-electron chi connectivity index (χ2n) is 3.67. The van der Waals surface area contributed by atoms with Gasteiger partial charge in [-0.1, -0.05) is 0 Å². The van der Waals surface area contributed by atoms with E-state index in [9.17, 15) is 14.5 Å². The molecule has 1 saturated heterocycles. The van der Waals surface area contributed by atoms with Crippen molar-refractivity contribution in [2.45, 2.75) is 6.04 Å². The summed E-state index contributed by atoms with van der Waals surface area (Å²) in [5.41, 5.74) is 0.269. The lowest BCUT2D eigenvalue weighted by molar-refractivity contribution is -0.385. The fourth-order valence-corrected chi connectivity index (χ4v) is 1.79. The summed E-state index contributed by atoms with van der Waals surface area (Å²) >= 11 is 0. The Morgan fingerprint density at radius 2 is 2.25 bits per heavy atom. The molecule has 0 radical (unpaired) electrons. The van der Waals surface area contributed by atoms with Crippen LogP contribution < -0.4 is 10.6 Å². The first-order valence-corrected chi connectivity index (χ1v) is 5.06. The monoisotopic (exact) mass is 225 g/mol. The lowest BCUT2D eigenvalue weighted by Gasteiger charge is -2.24. The van der Waals surface area contributed by atoms with E-state index in [1.807, 2.05) is 0 Å². The molecule has 0 saturated carbocycles. The molecule has 1 fully saturated rings. The SMILES string of the molecule is O=[N+]([O-])c1ccc(F)c([C@@H]2CNCCN2)c1. The van der Waals surface area contributed by atoms with Crippen molar-refractivity contribution in [3.63, 3.8) is 0 Å². The molecule has 16 heavy (non-hydrogen) atoms. The molecule has 1 aromatic rings. The first-order valence-electron chi connectivity index (χ1n) is 5.06. The molecule has 86 valence electrons. The predicted octanol–water partition coefficient (Wildman–Crippen LogP) is 0.968. The number of benzene rings is 1. The summed E-state index contributed by atoms with van der Waals surface area (Å²) in [5, 5.41) is 16.8. The Balaban J connectivity index is 2.30. The van der Waals surface area contributed by atoms with E-state index >= 15 is 0 Å². The number of halogens is 1. The molecule has 0 unspecified atom stereocenters. The minimum absolute atomic E-state index is 0.0798. The van der Waals surface area contributed by atoms with Crippen molar-refractivity contribution in [1.82, 2.24) is 10.6 Å². The standard InChI is InChI=1S/C10H12FN3O2/c11-9-2-1-7(14(15)16)5-8(9)10-6-12-3-4-13-10/h1-2,5,10,12-13H,3-4,6H2/t10-/m0/s1. The third-order valence-electron chi connectivity index (χ3n) is 2.61. The van der Waals surface area contributed by atoms with Gasteiger partial charge in [-0.15, -0.1) is 0 Å². The largest absolute Gasteiger partial charge is 0.314 e. The summed E-state index contributed by atoms with van der Waals surface area (Å²) < 4.78 is 13.5. The zero-order chi connectivity index (χ0) is 11.5. The second-order valence-corrected chi connectivity index (χ2v) is 3.67. The van der Waals surface area contributed by atoms with Crippen molar-refractivity contribution < 1.29 is 9.31 Å². The molecule has 1 atom stereocenters. The van der Waals surface area contributed by atoms with Gasteiger partial charge in [-0.2, -0.15) is 0 Å². The molecule has 1 heterocycles. The zero-order valence-corrected chi connectivity index (χ0v) is 8.57. The lowest BCUT2D eigenvalue weighted by Crippen LogP contribution is -2.42. The molecule has 2 N–H and O–H groups in total. The van der Waals surface area contributed by atoms with E-state index in [0.29, 0.717) is 12.1 Å². The van der Waals surface area contributed by atoms with Gasteiger partial charge in [-0.25, -0.2) is 4.39 Å². The van der Waals surface area contributed by atoms with Crippen molar-refractivity contribution in [1.29, 1.82) is 0 Å². The molecule has 0 spiro atoms. The number of hydrogen-bond acceptors (Lipinski definition) is 4. The number of nitro groups is 1. The maximum atomic E-state index is 13.5. The van der Waals surface area contributed by atoms with Crippen molar-refractivity contribution in [2.24, 2.45) is 0 Å². The van der Waals surface area contributed by atoms with E-state index in [-0.39, 0.29) is 11.7 Å². The van der Waals surface area contributed by atoms with Crippen molar-refractivity contribution >= 4 is 5.69 Å². The summed E-state index contributed by atoms with van der Waals surface area (Å²) in [6, 6.07) is 3.41. The molecule has 1 aromatic carbocycles. The van der Waals surface area contributed by atoms with Gasteiger partial charge in [0, 0.05) is 43.4 Å². The fourth-order valence-electron chi connectivity index (χ4n) is 1.79. The summed E-state index contributed by atoms with van der Waals surface area (Å²) in [4.78, 5) is 10.1. The van der Waals surface area contributed by atoms with Crippen LogP contribution in [0.1, 0.15) is 11.6 Å². The van der Waals surface area contributed by atoms with Crippen LogP contribution in [0, 0.1) is 15.9 Å². The maximum Gasteiger partial charge on any atom is 0.269 e. The van der Waals surface area contributed by atoms with E-state index in [1.54, 1.807) is 0 Å². The Kier molecular flexibility index (Phi) is 3.12. The van der Waals surface area contributed by atoms with Crippen LogP contribution >= 0.6 is 0 Å². The van der Waals surface area contributed by atoms with Crippen LogP contribution in [-0.4, -0.2) is 24.6 Å². The molecule has 2 rings (SSSR count). The van der Waals surface area contributed by atoms with Gasteiger partial charge in [-0.3, -0.25) is 10.1 Å². The fraction of sp³-hybridized carbons (Fsp3) is 0.400. The Morgan fingerprint density at radius 3 is 2.88 bits per heavy atom. The van der Waals surface area contributed by atoms with E-state index in [0.717, 1.165) is 19.2 Å². The average molecular weight is 225 g/mol. The van der Waals surface area contributed by atoms with Crippen LogP contribution in [0.15, 0.2) is 18.2 Å². The third-order valence-corrected chi connectivity index (χ3v) is 2.61. The van der Waals surface area contributed by atoms with Crippen molar-refractivity contribution in [3.05, 3.63) is 39.7 Å². The number of nitrogens with one attached hydrogen (secondary N) is 2. The lowest BCUT2D eigenvalue weighted by atomic mass is 10.0. The quantitative estimate of drug-likeness (QED) is 0.581. The highest BCUT2D eigenvalue weighted by Crippen LogP contribution is 2.23. The van der Waals surface area contributed by atoms with Gasteiger partial charge in [0.05, 0.1) is 4.92 Å². The second kappa shape index (κ2) is 4.54. The summed E-state index contributed by atoms with van der Waals surface area (Å²) in [5.74, 6) is -0.410. The molecular weight excluding hydrogens is 213 g/mol. The van der Waals surface area contributed by atoms with Gasteiger partial charge in [0.1, 0.15) is 5.82 Å². The number of hydrogen-bond donors (Lipinski definition) is 2. The normalized spacial score (nSPS) is 20.7. The van der Waals surface area contributed by atoms with E-state index < -0.39 is 10.7 Å². The minimum Gasteiger partial charge on any atom is -0.314 e. The summed E-state index contributed by atoms with van der Waals surface area (Å²) in [6.07, 6.45) is 0. The van der Waals surface area contributed by atoms with E-state index in [4.69, 9.17) is 0 Å². The van der Waals surface area contributed by atoms with Gasteiger partial charge in [0.2, 0.25) is 0 Å². The van der Waals surface area contributed by atoms with Crippen LogP contribution in [-0.2, 0) is 0 Å². The van der Waals surface area contributed by atoms with Crippen LogP contribution in [0.3, 0.4) is 0 Å². The number of nitrogens with zero attached hydrogens (tertiary/aromatic N) is 1. The zero-order valence-electron chi connectivity index (χ0n) is 8.57. The molecule has 0 aliphatic carbocycles. The van der Waals surface area contributed by atoms with Crippen LogP contribution in [0.25, 0.3) is 0 Å². The van der Waals surface area contributed by atoms with Gasteiger partial charge < -0.3 is 10.6 Å². The first-order chi connectivity index (χ1) is 7.68. The molecule has 6 heteroatoms. The topological polar surface area (TPSA) is 67.2 Å². The van der Waals surface area contributed by atoms with Gasteiger partial charge >= 0.3 is 0 Å². The highest BCUT2D eigenvalue weighted by atomic mass is 19.1. The minimum atomic E-state index is -0.515. The van der Waals surface area contributed by atoms with Gasteiger partial charge in [-0.05, 0) is 6.07 Å². The predicted molar refractivity (Wildman–Crippen MR) is 56.7 cm³/mol. The highest BCUT2D eigenvalue weighted by Gasteiger charge is 2.20. The van der Waals surface area contributed by atoms with E-state index in [1.165, 1.54) is 12.1 Å². The Labute approximate surface area is 91.8 Å². The average Bonchev–Trinajstić information content (AvgIpc) is 2.30. The van der Waals surface area contributed by atoms with Crippen LogP contribution in [0.5, 0.6) is 0 Å². The molecule has 5 nitrogen and oxygen atoms in total. The summed E-state index contributed by atoms with van der Waals surface area (Å²) in [6.45, 7) is 2.14. The van der Waals surface area contributed by atoms with Crippen molar-refractivity contribution in [3.8, 4) is 0 Å². The highest BCUT2D eigenvalue weighted by molar-refractivity contribution is 5.37. The van der Waals surface area contributed by atoms with Crippen LogP contribution in [0.2, 0.25) is 0 Å². The molecule has 1 aliphatic heterocycles. The smallest absolute Gasteiger partial charge is 0.269 e. The van der Waals surface area contributed by atoms with Gasteiger partial charge in [0.25, 0.3) is 5.69 Å². The molecule has 0 amide bonds. The molecule has 0 bridgehead atoms. The maximum absolute atomic E-state index is 13.5.